The van der Waals surface area contributed by atoms with Gasteiger partial charge in [-0.2, -0.15) is 0 Å². The molecular weight excluding hydrogens is 230 g/mol. The summed E-state index contributed by atoms with van der Waals surface area (Å²) >= 11 is 0. The van der Waals surface area contributed by atoms with Crippen molar-refractivity contribution >= 4 is 17.1 Å². The van der Waals surface area contributed by atoms with Gasteiger partial charge in [0.15, 0.2) is 0 Å². The topological polar surface area (TPSA) is 66.6 Å². The number of hydrogen-bond donors (Lipinski definition) is 2. The van der Waals surface area contributed by atoms with Crippen LogP contribution in [0.15, 0.2) is 30.2 Å². The van der Waals surface area contributed by atoms with Crippen molar-refractivity contribution in [1.29, 1.82) is 0 Å². The van der Waals surface area contributed by atoms with E-state index < -0.39 is 0 Å². The Morgan fingerprint density at radius 1 is 1.44 bits per heavy atom. The highest BCUT2D eigenvalue weighted by molar-refractivity contribution is 6.20. The number of amides is 1. The third-order valence-electron chi connectivity index (χ3n) is 3.21. The number of aryl methyl sites for hydroxylation is 1. The Labute approximate surface area is 104 Å². The maximum absolute atomic E-state index is 11.8. The molecule has 1 aliphatic rings. The Morgan fingerprint density at radius 2 is 2.28 bits per heavy atom. The third kappa shape index (κ3) is 1.40. The number of imidazole rings is 1. The summed E-state index contributed by atoms with van der Waals surface area (Å²) in [5, 5.41) is 12.5. The van der Waals surface area contributed by atoms with Gasteiger partial charge in [0.1, 0.15) is 22.7 Å². The van der Waals surface area contributed by atoms with Crippen molar-refractivity contribution in [1.82, 2.24) is 14.7 Å². The minimum absolute atomic E-state index is 0.116. The van der Waals surface area contributed by atoms with Crippen LogP contribution in [0, 0.1) is 0 Å². The largest absolute Gasteiger partial charge is 0.511 e. The lowest BCUT2D eigenvalue weighted by atomic mass is 9.97. The number of nitrogens with zero attached hydrogens (tertiary/aromatic N) is 2. The van der Waals surface area contributed by atoms with Crippen LogP contribution in [-0.4, -0.2) is 27.4 Å². The zero-order valence-electron chi connectivity index (χ0n) is 9.97. The molecule has 1 aliphatic carbocycles. The number of pyridine rings is 1. The van der Waals surface area contributed by atoms with Crippen LogP contribution in [0.5, 0.6) is 0 Å². The van der Waals surface area contributed by atoms with E-state index in [1.807, 2.05) is 28.8 Å². The number of rotatable bonds is 1. The van der Waals surface area contributed by atoms with Crippen LogP contribution in [0.3, 0.4) is 0 Å². The lowest BCUT2D eigenvalue weighted by molar-refractivity contribution is -0.115. The van der Waals surface area contributed by atoms with Gasteiger partial charge in [0.05, 0.1) is 5.69 Å². The molecule has 18 heavy (non-hydrogen) atoms. The monoisotopic (exact) mass is 243 g/mol. The molecule has 0 saturated heterocycles. The van der Waals surface area contributed by atoms with E-state index in [1.54, 1.807) is 7.05 Å². The standard InChI is InChI=1S/C13H13N3O2/c1-14-13(18)11-9(17)6-5-8-12(11)15-10-4-2-3-7-16(8)10/h2-4,7,17H,5-6H2,1H3,(H,14,18). The Balaban J connectivity index is 2.28. The van der Waals surface area contributed by atoms with E-state index in [0.29, 0.717) is 24.1 Å². The van der Waals surface area contributed by atoms with Gasteiger partial charge in [0.25, 0.3) is 5.91 Å². The van der Waals surface area contributed by atoms with Crippen LogP contribution in [-0.2, 0) is 11.2 Å². The number of aliphatic hydroxyl groups is 1. The van der Waals surface area contributed by atoms with Gasteiger partial charge in [0, 0.05) is 19.7 Å². The van der Waals surface area contributed by atoms with E-state index in [-0.39, 0.29) is 11.7 Å². The fraction of sp³-hybridized carbons (Fsp3) is 0.231. The predicted molar refractivity (Wildman–Crippen MR) is 67.1 cm³/mol. The predicted octanol–water partition coefficient (Wildman–Crippen LogP) is 1.30. The van der Waals surface area contributed by atoms with Gasteiger partial charge in [-0.25, -0.2) is 4.98 Å². The lowest BCUT2D eigenvalue weighted by Gasteiger charge is -2.15. The van der Waals surface area contributed by atoms with Crippen molar-refractivity contribution in [2.75, 3.05) is 7.05 Å². The molecule has 5 nitrogen and oxygen atoms in total. The Morgan fingerprint density at radius 3 is 3.06 bits per heavy atom. The Hall–Kier alpha value is -2.30. The highest BCUT2D eigenvalue weighted by Gasteiger charge is 2.27. The summed E-state index contributed by atoms with van der Waals surface area (Å²) in [4.78, 5) is 16.3. The molecule has 0 unspecified atom stereocenters. The summed E-state index contributed by atoms with van der Waals surface area (Å²) in [7, 11) is 1.55. The van der Waals surface area contributed by atoms with Gasteiger partial charge < -0.3 is 14.8 Å². The molecule has 2 heterocycles. The number of aromatic nitrogens is 2. The van der Waals surface area contributed by atoms with Crippen molar-refractivity contribution in [3.63, 3.8) is 0 Å². The first kappa shape index (κ1) is 10.8. The van der Waals surface area contributed by atoms with Crippen LogP contribution in [0.25, 0.3) is 11.2 Å². The molecule has 0 atom stereocenters. The number of carbonyl (C=O) groups is 1. The van der Waals surface area contributed by atoms with E-state index in [0.717, 1.165) is 11.3 Å². The zero-order chi connectivity index (χ0) is 12.7. The molecule has 2 aromatic heterocycles. The SMILES string of the molecule is CNC(=O)C1=C(O)CCc2c1nc1ccccn21. The fourth-order valence-corrected chi connectivity index (χ4v) is 2.35. The van der Waals surface area contributed by atoms with Crippen LogP contribution in [0.4, 0.5) is 0 Å². The average molecular weight is 243 g/mol. The normalized spacial score (nSPS) is 14.7. The van der Waals surface area contributed by atoms with Gasteiger partial charge in [0.2, 0.25) is 0 Å². The number of hydrogen-bond acceptors (Lipinski definition) is 3. The second-order valence-electron chi connectivity index (χ2n) is 4.24. The summed E-state index contributed by atoms with van der Waals surface area (Å²) in [5.41, 5.74) is 2.65. The van der Waals surface area contributed by atoms with Crippen LogP contribution >= 0.6 is 0 Å². The minimum Gasteiger partial charge on any atom is -0.511 e. The second-order valence-corrected chi connectivity index (χ2v) is 4.24. The summed E-state index contributed by atoms with van der Waals surface area (Å²) in [6.45, 7) is 0. The number of aliphatic hydroxyl groups excluding tert-OH is 1. The number of carbonyl (C=O) groups excluding carboxylic acids is 1. The van der Waals surface area contributed by atoms with Crippen molar-refractivity contribution < 1.29 is 9.90 Å². The third-order valence-corrected chi connectivity index (χ3v) is 3.21. The highest BCUT2D eigenvalue weighted by atomic mass is 16.3. The lowest BCUT2D eigenvalue weighted by Crippen LogP contribution is -2.23. The van der Waals surface area contributed by atoms with E-state index in [2.05, 4.69) is 10.3 Å². The molecule has 0 aromatic carbocycles. The molecule has 2 N–H and O–H groups in total. The van der Waals surface area contributed by atoms with Gasteiger partial charge in [-0.1, -0.05) is 6.07 Å². The smallest absolute Gasteiger partial charge is 0.256 e. The van der Waals surface area contributed by atoms with Gasteiger partial charge in [-0.05, 0) is 18.6 Å². The maximum Gasteiger partial charge on any atom is 0.256 e. The van der Waals surface area contributed by atoms with E-state index in [9.17, 15) is 9.90 Å². The molecule has 0 bridgehead atoms. The summed E-state index contributed by atoms with van der Waals surface area (Å²) in [6.07, 6.45) is 3.08. The first-order valence-electron chi connectivity index (χ1n) is 5.83. The molecule has 0 fully saturated rings. The van der Waals surface area contributed by atoms with Crippen LogP contribution in [0.2, 0.25) is 0 Å². The van der Waals surface area contributed by atoms with E-state index >= 15 is 0 Å². The number of likely N-dealkylation sites (N-methyl/N-ethyl adjacent to an activating group) is 1. The first-order chi connectivity index (χ1) is 8.72. The molecule has 5 heteroatoms. The minimum atomic E-state index is -0.295. The van der Waals surface area contributed by atoms with E-state index in [4.69, 9.17) is 0 Å². The molecule has 3 rings (SSSR count). The maximum atomic E-state index is 11.8. The average Bonchev–Trinajstić information content (AvgIpc) is 2.76. The van der Waals surface area contributed by atoms with Crippen molar-refractivity contribution in [3.05, 3.63) is 41.5 Å². The number of allylic oxidation sites excluding steroid dienone is 1. The van der Waals surface area contributed by atoms with E-state index in [1.165, 1.54) is 0 Å². The first-order valence-corrected chi connectivity index (χ1v) is 5.83. The van der Waals surface area contributed by atoms with Gasteiger partial charge in [-0.3, -0.25) is 4.79 Å². The summed E-state index contributed by atoms with van der Waals surface area (Å²) in [6, 6.07) is 5.71. The highest BCUT2D eigenvalue weighted by Crippen LogP contribution is 2.30. The molecule has 0 aliphatic heterocycles. The molecule has 2 aromatic rings. The molecule has 0 spiro atoms. The number of fused-ring (bicyclic) bond motifs is 3. The van der Waals surface area contributed by atoms with Crippen molar-refractivity contribution in [3.8, 4) is 0 Å². The second kappa shape index (κ2) is 3.87. The van der Waals surface area contributed by atoms with Crippen molar-refractivity contribution in [2.45, 2.75) is 12.8 Å². The van der Waals surface area contributed by atoms with Crippen LogP contribution in [0.1, 0.15) is 17.8 Å². The Bertz CT molecular complexity index is 670. The van der Waals surface area contributed by atoms with Crippen molar-refractivity contribution in [2.24, 2.45) is 0 Å². The molecule has 0 saturated carbocycles. The summed E-state index contributed by atoms with van der Waals surface area (Å²) < 4.78 is 1.96. The summed E-state index contributed by atoms with van der Waals surface area (Å²) in [5.74, 6) is -0.179. The zero-order valence-corrected chi connectivity index (χ0v) is 9.97. The van der Waals surface area contributed by atoms with Crippen LogP contribution < -0.4 is 5.32 Å². The fourth-order valence-electron chi connectivity index (χ4n) is 2.35. The quantitative estimate of drug-likeness (QED) is 0.793. The number of nitrogens with one attached hydrogen (secondary N) is 1. The molecule has 92 valence electrons. The Kier molecular flexibility index (Phi) is 2.33. The molecular formula is C13H13N3O2. The molecule has 0 radical (unpaired) electrons. The molecule has 1 amide bonds. The van der Waals surface area contributed by atoms with Gasteiger partial charge >= 0.3 is 0 Å². The van der Waals surface area contributed by atoms with Gasteiger partial charge in [-0.15, -0.1) is 0 Å².